The number of carbonyl (C=O) groups is 2. The summed E-state index contributed by atoms with van der Waals surface area (Å²) in [5.74, 6) is -0.482. The van der Waals surface area contributed by atoms with Crippen LogP contribution in [0.1, 0.15) is 16.2 Å². The van der Waals surface area contributed by atoms with Crippen molar-refractivity contribution in [3.05, 3.63) is 42.0 Å². The van der Waals surface area contributed by atoms with Gasteiger partial charge in [-0.3, -0.25) is 9.59 Å². The smallest absolute Gasteiger partial charge is 0.293 e. The topological polar surface area (TPSA) is 71.3 Å². The van der Waals surface area contributed by atoms with Crippen LogP contribution in [0.2, 0.25) is 0 Å². The molecule has 0 radical (unpaired) electrons. The third kappa shape index (κ3) is 3.49. The van der Waals surface area contributed by atoms with Crippen LogP contribution in [0.5, 0.6) is 0 Å². The SMILES string of the molecule is Cc1ccc(-n2cnc(C(=O)N(C)CC(=O)N(C)C)n2)cc1. The molecule has 0 spiro atoms. The summed E-state index contributed by atoms with van der Waals surface area (Å²) in [5, 5.41) is 4.17. The molecule has 0 unspecified atom stereocenters. The minimum atomic E-state index is -0.388. The zero-order valence-corrected chi connectivity index (χ0v) is 13.1. The molecule has 0 saturated carbocycles. The zero-order valence-electron chi connectivity index (χ0n) is 13.1. The van der Waals surface area contributed by atoms with Gasteiger partial charge in [-0.05, 0) is 19.1 Å². The largest absolute Gasteiger partial charge is 0.347 e. The highest BCUT2D eigenvalue weighted by atomic mass is 16.2. The van der Waals surface area contributed by atoms with Crippen molar-refractivity contribution in [3.8, 4) is 5.69 Å². The molecule has 0 aliphatic carbocycles. The van der Waals surface area contributed by atoms with Gasteiger partial charge in [0.05, 0.1) is 12.2 Å². The Morgan fingerprint density at radius 1 is 1.14 bits per heavy atom. The van der Waals surface area contributed by atoms with E-state index in [2.05, 4.69) is 10.1 Å². The van der Waals surface area contributed by atoms with Crippen molar-refractivity contribution in [3.63, 3.8) is 0 Å². The molecule has 0 fully saturated rings. The zero-order chi connectivity index (χ0) is 16.3. The molecule has 1 aromatic carbocycles. The van der Waals surface area contributed by atoms with Crippen molar-refractivity contribution in [2.45, 2.75) is 6.92 Å². The van der Waals surface area contributed by atoms with Gasteiger partial charge in [-0.25, -0.2) is 9.67 Å². The number of hydrogen-bond donors (Lipinski definition) is 0. The molecule has 0 atom stereocenters. The molecule has 0 N–H and O–H groups in total. The number of aromatic nitrogens is 3. The van der Waals surface area contributed by atoms with Gasteiger partial charge >= 0.3 is 0 Å². The van der Waals surface area contributed by atoms with Gasteiger partial charge in [0.2, 0.25) is 11.7 Å². The Balaban J connectivity index is 2.12. The van der Waals surface area contributed by atoms with E-state index >= 15 is 0 Å². The molecule has 2 aromatic rings. The Bertz CT molecular complexity index is 675. The Hall–Kier alpha value is -2.70. The molecule has 1 heterocycles. The molecule has 116 valence electrons. The molecule has 7 heteroatoms. The quantitative estimate of drug-likeness (QED) is 0.835. The van der Waals surface area contributed by atoms with Crippen LogP contribution in [0.15, 0.2) is 30.6 Å². The summed E-state index contributed by atoms with van der Waals surface area (Å²) >= 11 is 0. The maximum Gasteiger partial charge on any atom is 0.293 e. The summed E-state index contributed by atoms with van der Waals surface area (Å²) in [6, 6.07) is 7.72. The van der Waals surface area contributed by atoms with Crippen molar-refractivity contribution in [1.29, 1.82) is 0 Å². The van der Waals surface area contributed by atoms with Crippen LogP contribution in [-0.4, -0.2) is 64.1 Å². The Morgan fingerprint density at radius 2 is 1.77 bits per heavy atom. The van der Waals surface area contributed by atoms with E-state index in [1.165, 1.54) is 20.8 Å². The highest BCUT2D eigenvalue weighted by Gasteiger charge is 2.19. The van der Waals surface area contributed by atoms with Crippen molar-refractivity contribution in [1.82, 2.24) is 24.6 Å². The first-order chi connectivity index (χ1) is 10.4. The summed E-state index contributed by atoms with van der Waals surface area (Å²) < 4.78 is 1.54. The average molecular weight is 301 g/mol. The van der Waals surface area contributed by atoms with Crippen LogP contribution in [0.4, 0.5) is 0 Å². The fourth-order valence-electron chi connectivity index (χ4n) is 1.77. The van der Waals surface area contributed by atoms with Crippen LogP contribution in [0.3, 0.4) is 0 Å². The van der Waals surface area contributed by atoms with E-state index in [0.29, 0.717) is 0 Å². The van der Waals surface area contributed by atoms with E-state index in [1.54, 1.807) is 21.1 Å². The Morgan fingerprint density at radius 3 is 2.36 bits per heavy atom. The average Bonchev–Trinajstić information content (AvgIpc) is 2.96. The highest BCUT2D eigenvalue weighted by Crippen LogP contribution is 2.08. The van der Waals surface area contributed by atoms with Gasteiger partial charge in [0, 0.05) is 21.1 Å². The predicted molar refractivity (Wildman–Crippen MR) is 81.8 cm³/mol. The second kappa shape index (κ2) is 6.38. The van der Waals surface area contributed by atoms with E-state index in [0.717, 1.165) is 11.3 Å². The van der Waals surface area contributed by atoms with E-state index in [1.807, 2.05) is 31.2 Å². The van der Waals surface area contributed by atoms with E-state index in [9.17, 15) is 9.59 Å². The first-order valence-corrected chi connectivity index (χ1v) is 6.83. The normalized spacial score (nSPS) is 10.4. The second-order valence-electron chi connectivity index (χ2n) is 5.30. The Labute approximate surface area is 129 Å². The molecule has 0 bridgehead atoms. The summed E-state index contributed by atoms with van der Waals surface area (Å²) in [5.41, 5.74) is 1.96. The van der Waals surface area contributed by atoms with Gasteiger partial charge in [0.25, 0.3) is 5.91 Å². The van der Waals surface area contributed by atoms with Crippen LogP contribution < -0.4 is 0 Å². The predicted octanol–water partition coefficient (Wildman–Crippen LogP) is 0.736. The number of likely N-dealkylation sites (N-methyl/N-ethyl adjacent to an activating group) is 2. The lowest BCUT2D eigenvalue weighted by Crippen LogP contribution is -2.38. The van der Waals surface area contributed by atoms with Gasteiger partial charge in [-0.1, -0.05) is 17.7 Å². The van der Waals surface area contributed by atoms with Gasteiger partial charge in [0.15, 0.2) is 0 Å². The number of aryl methyl sites for hydroxylation is 1. The van der Waals surface area contributed by atoms with E-state index in [4.69, 9.17) is 0 Å². The molecular formula is C15H19N5O2. The fourth-order valence-corrected chi connectivity index (χ4v) is 1.77. The van der Waals surface area contributed by atoms with Gasteiger partial charge in [0.1, 0.15) is 6.33 Å². The standard InChI is InChI=1S/C15H19N5O2/c1-11-5-7-12(8-6-11)20-10-16-14(17-20)15(22)19(4)9-13(21)18(2)3/h5-8,10H,9H2,1-4H3. The molecule has 0 aliphatic heterocycles. The summed E-state index contributed by atoms with van der Waals surface area (Å²) in [6.07, 6.45) is 1.49. The number of rotatable bonds is 4. The molecule has 7 nitrogen and oxygen atoms in total. The minimum absolute atomic E-state index is 0.00902. The lowest BCUT2D eigenvalue weighted by Gasteiger charge is -2.17. The molecule has 1 aromatic heterocycles. The lowest BCUT2D eigenvalue weighted by atomic mass is 10.2. The number of carbonyl (C=O) groups excluding carboxylic acids is 2. The van der Waals surface area contributed by atoms with Crippen molar-refractivity contribution >= 4 is 11.8 Å². The molecule has 0 saturated heterocycles. The monoisotopic (exact) mass is 301 g/mol. The van der Waals surface area contributed by atoms with Crippen LogP contribution in [0, 0.1) is 6.92 Å². The number of amides is 2. The third-order valence-corrected chi connectivity index (χ3v) is 3.20. The van der Waals surface area contributed by atoms with Crippen LogP contribution in [0.25, 0.3) is 5.69 Å². The number of nitrogens with zero attached hydrogens (tertiary/aromatic N) is 5. The van der Waals surface area contributed by atoms with E-state index in [-0.39, 0.29) is 24.2 Å². The lowest BCUT2D eigenvalue weighted by molar-refractivity contribution is -0.129. The van der Waals surface area contributed by atoms with Crippen molar-refractivity contribution < 1.29 is 9.59 Å². The maximum absolute atomic E-state index is 12.2. The van der Waals surface area contributed by atoms with Crippen LogP contribution >= 0.6 is 0 Å². The second-order valence-corrected chi connectivity index (χ2v) is 5.30. The summed E-state index contributed by atoms with van der Waals surface area (Å²) in [4.78, 5) is 30.6. The van der Waals surface area contributed by atoms with Gasteiger partial charge in [-0.2, -0.15) is 0 Å². The fraction of sp³-hybridized carbons (Fsp3) is 0.333. The molecule has 22 heavy (non-hydrogen) atoms. The first kappa shape index (κ1) is 15.7. The summed E-state index contributed by atoms with van der Waals surface area (Å²) in [6.45, 7) is 1.99. The summed E-state index contributed by atoms with van der Waals surface area (Å²) in [7, 11) is 4.84. The maximum atomic E-state index is 12.2. The van der Waals surface area contributed by atoms with Gasteiger partial charge < -0.3 is 9.80 Å². The highest BCUT2D eigenvalue weighted by molar-refractivity contribution is 5.93. The minimum Gasteiger partial charge on any atom is -0.347 e. The van der Waals surface area contributed by atoms with Crippen LogP contribution in [-0.2, 0) is 4.79 Å². The number of hydrogen-bond acceptors (Lipinski definition) is 4. The number of benzene rings is 1. The molecule has 0 aliphatic rings. The molecule has 2 amide bonds. The van der Waals surface area contributed by atoms with Crippen molar-refractivity contribution in [2.75, 3.05) is 27.7 Å². The first-order valence-electron chi connectivity index (χ1n) is 6.83. The molecular weight excluding hydrogens is 282 g/mol. The van der Waals surface area contributed by atoms with Gasteiger partial charge in [-0.15, -0.1) is 5.10 Å². The van der Waals surface area contributed by atoms with Crippen molar-refractivity contribution in [2.24, 2.45) is 0 Å². The van der Waals surface area contributed by atoms with E-state index < -0.39 is 0 Å². The third-order valence-electron chi connectivity index (χ3n) is 3.20. The Kier molecular flexibility index (Phi) is 4.55. The molecule has 2 rings (SSSR count).